The topological polar surface area (TPSA) is 70.2 Å². The number of nitriles is 1. The molecule has 0 aromatic heterocycles. The number of hydrazine groups is 1. The minimum absolute atomic E-state index is 0.235. The van der Waals surface area contributed by atoms with Crippen LogP contribution in [0.25, 0.3) is 0 Å². The normalized spacial score (nSPS) is 9.75. The molecular weight excluding hydrogens is 206 g/mol. The van der Waals surface area contributed by atoms with E-state index in [4.69, 9.17) is 5.26 Å². The standard InChI is InChI=1S/C11H21N3O2/c1-2-3-4-5-6-7-8-9-10-13(11-12)14(15)16/h2-10H2,1H3. The van der Waals surface area contributed by atoms with Crippen LogP contribution in [0.4, 0.5) is 0 Å². The lowest BCUT2D eigenvalue weighted by molar-refractivity contribution is -0.635. The van der Waals surface area contributed by atoms with Gasteiger partial charge in [-0.2, -0.15) is 5.26 Å². The van der Waals surface area contributed by atoms with E-state index in [0.717, 1.165) is 19.3 Å². The number of rotatable bonds is 10. The first kappa shape index (κ1) is 14.7. The van der Waals surface area contributed by atoms with E-state index >= 15 is 0 Å². The molecule has 0 bridgehead atoms. The SMILES string of the molecule is CCCCCCCCCCN(C#N)[N+](=O)[O-]. The van der Waals surface area contributed by atoms with Crippen LogP contribution in [0.15, 0.2) is 0 Å². The summed E-state index contributed by atoms with van der Waals surface area (Å²) in [5.74, 6) is 0. The van der Waals surface area contributed by atoms with Crippen LogP contribution in [0.1, 0.15) is 58.3 Å². The molecule has 0 aliphatic rings. The summed E-state index contributed by atoms with van der Waals surface area (Å²) < 4.78 is 0. The van der Waals surface area contributed by atoms with Crippen molar-refractivity contribution in [2.45, 2.75) is 58.3 Å². The average molecular weight is 227 g/mol. The highest BCUT2D eigenvalue weighted by molar-refractivity contribution is 4.63. The van der Waals surface area contributed by atoms with Gasteiger partial charge in [-0.3, -0.25) is 0 Å². The van der Waals surface area contributed by atoms with Crippen LogP contribution in [0.2, 0.25) is 0 Å². The van der Waals surface area contributed by atoms with Crippen molar-refractivity contribution in [2.75, 3.05) is 6.54 Å². The summed E-state index contributed by atoms with van der Waals surface area (Å²) >= 11 is 0. The Morgan fingerprint density at radius 3 is 2.06 bits per heavy atom. The van der Waals surface area contributed by atoms with Gasteiger partial charge in [-0.05, 0) is 11.4 Å². The summed E-state index contributed by atoms with van der Waals surface area (Å²) in [6.45, 7) is 2.42. The van der Waals surface area contributed by atoms with Gasteiger partial charge in [-0.25, -0.2) is 10.1 Å². The molecule has 0 saturated carbocycles. The Hall–Kier alpha value is -1.31. The monoisotopic (exact) mass is 227 g/mol. The Kier molecular flexibility index (Phi) is 9.38. The third-order valence-corrected chi connectivity index (χ3v) is 2.54. The molecule has 16 heavy (non-hydrogen) atoms. The van der Waals surface area contributed by atoms with Crippen molar-refractivity contribution < 1.29 is 5.03 Å². The number of nitrogens with zero attached hydrogens (tertiary/aromatic N) is 3. The highest BCUT2D eigenvalue weighted by Gasteiger charge is 2.11. The fourth-order valence-electron chi connectivity index (χ4n) is 1.56. The summed E-state index contributed by atoms with van der Waals surface area (Å²) in [7, 11) is 0. The zero-order valence-corrected chi connectivity index (χ0v) is 10.0. The van der Waals surface area contributed by atoms with E-state index in [9.17, 15) is 10.1 Å². The van der Waals surface area contributed by atoms with Crippen LogP contribution < -0.4 is 0 Å². The second kappa shape index (κ2) is 10.2. The van der Waals surface area contributed by atoms with E-state index in [2.05, 4.69) is 6.92 Å². The summed E-state index contributed by atoms with van der Waals surface area (Å²) in [5.41, 5.74) is 0. The maximum absolute atomic E-state index is 10.3. The van der Waals surface area contributed by atoms with Gasteiger partial charge in [0.1, 0.15) is 0 Å². The fourth-order valence-corrected chi connectivity index (χ4v) is 1.56. The van der Waals surface area contributed by atoms with Gasteiger partial charge in [-0.15, -0.1) is 0 Å². The Morgan fingerprint density at radius 1 is 1.12 bits per heavy atom. The summed E-state index contributed by atoms with van der Waals surface area (Å²) in [6.07, 6.45) is 10.6. The van der Waals surface area contributed by atoms with Crippen molar-refractivity contribution >= 4 is 0 Å². The molecule has 0 unspecified atom stereocenters. The van der Waals surface area contributed by atoms with E-state index in [1.807, 2.05) is 0 Å². The molecule has 0 saturated heterocycles. The number of hydrogen-bond acceptors (Lipinski definition) is 3. The van der Waals surface area contributed by atoms with E-state index in [-0.39, 0.29) is 6.54 Å². The van der Waals surface area contributed by atoms with Gasteiger partial charge in [0.25, 0.3) is 0 Å². The lowest BCUT2D eigenvalue weighted by Gasteiger charge is -2.04. The molecule has 0 aromatic carbocycles. The van der Waals surface area contributed by atoms with E-state index in [1.54, 1.807) is 6.19 Å². The largest absolute Gasteiger partial charge is 0.244 e. The average Bonchev–Trinajstić information content (AvgIpc) is 2.26. The van der Waals surface area contributed by atoms with Gasteiger partial charge in [-0.1, -0.05) is 51.9 Å². The molecule has 0 radical (unpaired) electrons. The van der Waals surface area contributed by atoms with Gasteiger partial charge >= 0.3 is 0 Å². The van der Waals surface area contributed by atoms with Crippen molar-refractivity contribution in [3.63, 3.8) is 0 Å². The number of unbranched alkanes of at least 4 members (excludes halogenated alkanes) is 7. The molecule has 5 heteroatoms. The van der Waals surface area contributed by atoms with E-state index in [0.29, 0.717) is 5.01 Å². The van der Waals surface area contributed by atoms with Gasteiger partial charge in [0.2, 0.25) is 6.19 Å². The van der Waals surface area contributed by atoms with E-state index in [1.165, 1.54) is 32.1 Å². The van der Waals surface area contributed by atoms with Crippen LogP contribution in [0.5, 0.6) is 0 Å². The maximum atomic E-state index is 10.3. The van der Waals surface area contributed by atoms with Crippen molar-refractivity contribution in [2.24, 2.45) is 0 Å². The molecule has 0 amide bonds. The Labute approximate surface area is 97.2 Å². The molecule has 92 valence electrons. The van der Waals surface area contributed by atoms with Crippen LogP contribution in [0.3, 0.4) is 0 Å². The molecule has 0 aliphatic carbocycles. The molecule has 0 rings (SSSR count). The Balaban J connectivity index is 3.27. The summed E-state index contributed by atoms with van der Waals surface area (Å²) in [4.78, 5) is 10.3. The van der Waals surface area contributed by atoms with E-state index < -0.39 is 5.03 Å². The lowest BCUT2D eigenvalue weighted by atomic mass is 10.1. The van der Waals surface area contributed by atoms with Crippen molar-refractivity contribution in [3.8, 4) is 6.19 Å². The molecule has 0 aromatic rings. The predicted octanol–water partition coefficient (Wildman–Crippen LogP) is 3.10. The molecule has 0 spiro atoms. The summed E-state index contributed by atoms with van der Waals surface area (Å²) in [6, 6.07) is 0. The zero-order valence-electron chi connectivity index (χ0n) is 10.0. The van der Waals surface area contributed by atoms with Crippen LogP contribution >= 0.6 is 0 Å². The zero-order chi connectivity index (χ0) is 12.2. The summed E-state index contributed by atoms with van der Waals surface area (Å²) in [5, 5.41) is 18.7. The quantitative estimate of drug-likeness (QED) is 0.189. The van der Waals surface area contributed by atoms with Gasteiger partial charge < -0.3 is 0 Å². The first-order chi connectivity index (χ1) is 7.72. The van der Waals surface area contributed by atoms with Crippen molar-refractivity contribution in [1.29, 1.82) is 5.26 Å². The van der Waals surface area contributed by atoms with Crippen molar-refractivity contribution in [3.05, 3.63) is 10.1 Å². The van der Waals surface area contributed by atoms with Gasteiger partial charge in [0, 0.05) is 0 Å². The van der Waals surface area contributed by atoms with Crippen molar-refractivity contribution in [1.82, 2.24) is 5.01 Å². The molecule has 0 fully saturated rings. The van der Waals surface area contributed by atoms with Gasteiger partial charge in [0.15, 0.2) is 5.03 Å². The molecule has 0 aliphatic heterocycles. The Morgan fingerprint density at radius 2 is 1.62 bits per heavy atom. The third kappa shape index (κ3) is 8.04. The van der Waals surface area contributed by atoms with Crippen LogP contribution in [0, 0.1) is 21.6 Å². The highest BCUT2D eigenvalue weighted by atomic mass is 16.7. The van der Waals surface area contributed by atoms with Crippen LogP contribution in [-0.2, 0) is 0 Å². The van der Waals surface area contributed by atoms with Crippen LogP contribution in [-0.4, -0.2) is 16.6 Å². The molecule has 0 N–H and O–H groups in total. The Bertz CT molecular complexity index is 226. The first-order valence-electron chi connectivity index (χ1n) is 6.04. The second-order valence-electron chi connectivity index (χ2n) is 3.94. The molecule has 5 nitrogen and oxygen atoms in total. The smallest absolute Gasteiger partial charge is 0.234 e. The maximum Gasteiger partial charge on any atom is 0.244 e. The first-order valence-corrected chi connectivity index (χ1v) is 6.04. The third-order valence-electron chi connectivity index (χ3n) is 2.54. The number of nitro groups is 1. The highest BCUT2D eigenvalue weighted by Crippen LogP contribution is 2.08. The fraction of sp³-hybridized carbons (Fsp3) is 0.909. The number of hydrogen-bond donors (Lipinski definition) is 0. The minimum Gasteiger partial charge on any atom is -0.234 e. The minimum atomic E-state index is -0.652. The van der Waals surface area contributed by atoms with Gasteiger partial charge in [0.05, 0.1) is 6.54 Å². The lowest BCUT2D eigenvalue weighted by Crippen LogP contribution is -2.25. The second-order valence-corrected chi connectivity index (χ2v) is 3.94. The predicted molar refractivity (Wildman–Crippen MR) is 61.9 cm³/mol. The molecule has 0 atom stereocenters. The molecule has 0 heterocycles. The molecular formula is C11H21N3O2.